The highest BCUT2D eigenvalue weighted by Gasteiger charge is 2.30. The summed E-state index contributed by atoms with van der Waals surface area (Å²) in [5, 5.41) is 0. The van der Waals surface area contributed by atoms with Crippen molar-refractivity contribution in [1.82, 2.24) is 0 Å². The second-order valence-corrected chi connectivity index (χ2v) is 5.10. The normalized spacial score (nSPS) is 14.8. The molecule has 0 fully saturated rings. The van der Waals surface area contributed by atoms with Gasteiger partial charge < -0.3 is 5.73 Å². The lowest BCUT2D eigenvalue weighted by atomic mass is 9.92. The number of carbonyl (C=O) groups is 1. The molecule has 0 spiro atoms. The molecule has 1 aromatic carbocycles. The van der Waals surface area contributed by atoms with Crippen LogP contribution in [-0.2, 0) is 10.1 Å². The summed E-state index contributed by atoms with van der Waals surface area (Å²) < 4.78 is 31.5. The summed E-state index contributed by atoms with van der Waals surface area (Å²) in [7, 11) is -4.52. The van der Waals surface area contributed by atoms with E-state index >= 15 is 0 Å². The van der Waals surface area contributed by atoms with Gasteiger partial charge in [0.15, 0.2) is 0 Å². The van der Waals surface area contributed by atoms with Crippen molar-refractivity contribution < 1.29 is 17.8 Å². The summed E-state index contributed by atoms with van der Waals surface area (Å²) in [5.41, 5.74) is 8.56. The van der Waals surface area contributed by atoms with Crippen molar-refractivity contribution in [3.05, 3.63) is 52.1 Å². The zero-order valence-electron chi connectivity index (χ0n) is 9.17. The Kier molecular flexibility index (Phi) is 2.71. The first-order valence-electron chi connectivity index (χ1n) is 4.88. The van der Waals surface area contributed by atoms with Gasteiger partial charge in [-0.1, -0.05) is 6.58 Å². The molecule has 18 heavy (non-hydrogen) atoms. The minimum Gasteiger partial charge on any atom is -0.399 e. The maximum atomic E-state index is 12.0. The monoisotopic (exact) mass is 263 g/mol. The topological polar surface area (TPSA) is 97.5 Å². The van der Waals surface area contributed by atoms with E-state index in [0.29, 0.717) is 16.8 Å². The van der Waals surface area contributed by atoms with E-state index in [1.54, 1.807) is 0 Å². The number of ketones is 1. The highest BCUT2D eigenvalue weighted by Crippen LogP contribution is 2.31. The van der Waals surface area contributed by atoms with Crippen molar-refractivity contribution in [2.45, 2.75) is 0 Å². The van der Waals surface area contributed by atoms with Crippen molar-refractivity contribution >= 4 is 27.7 Å². The van der Waals surface area contributed by atoms with Crippen LogP contribution in [0.15, 0.2) is 41.0 Å². The first-order chi connectivity index (χ1) is 8.34. The van der Waals surface area contributed by atoms with Gasteiger partial charge in [0.25, 0.3) is 10.1 Å². The second kappa shape index (κ2) is 3.96. The maximum absolute atomic E-state index is 12.0. The van der Waals surface area contributed by atoms with Crippen LogP contribution in [-0.4, -0.2) is 18.8 Å². The van der Waals surface area contributed by atoms with Gasteiger partial charge in [-0.3, -0.25) is 9.35 Å². The van der Waals surface area contributed by atoms with E-state index in [2.05, 4.69) is 12.3 Å². The van der Waals surface area contributed by atoms with Gasteiger partial charge in [-0.25, -0.2) is 0 Å². The quantitative estimate of drug-likeness (QED) is 0.345. The molecule has 0 saturated carbocycles. The van der Waals surface area contributed by atoms with Crippen LogP contribution < -0.4 is 5.73 Å². The summed E-state index contributed by atoms with van der Waals surface area (Å²) in [6.07, 6.45) is 1.18. The van der Waals surface area contributed by atoms with Crippen LogP contribution in [0.4, 0.5) is 5.69 Å². The molecule has 0 saturated heterocycles. The number of fused-ring (bicyclic) bond motifs is 1. The van der Waals surface area contributed by atoms with Crippen LogP contribution in [0.2, 0.25) is 0 Å². The number of benzene rings is 1. The van der Waals surface area contributed by atoms with E-state index in [0.717, 1.165) is 0 Å². The van der Waals surface area contributed by atoms with E-state index < -0.39 is 20.8 Å². The Labute approximate surface area is 104 Å². The van der Waals surface area contributed by atoms with Gasteiger partial charge in [0, 0.05) is 11.3 Å². The SMILES string of the molecule is C=C=C1C(=O)c2ccc(N)cc2C=C1S(=O)(=O)O. The van der Waals surface area contributed by atoms with Crippen LogP contribution in [0.5, 0.6) is 0 Å². The highest BCUT2D eigenvalue weighted by molar-refractivity contribution is 7.90. The van der Waals surface area contributed by atoms with Crippen molar-refractivity contribution in [3.63, 3.8) is 0 Å². The minimum atomic E-state index is -4.52. The Bertz CT molecular complexity index is 737. The number of anilines is 1. The molecule has 5 nitrogen and oxygen atoms in total. The lowest BCUT2D eigenvalue weighted by Crippen LogP contribution is -2.17. The molecular weight excluding hydrogens is 254 g/mol. The van der Waals surface area contributed by atoms with Gasteiger partial charge >= 0.3 is 0 Å². The number of Topliss-reactive ketones (excluding diaryl/α,β-unsaturated/α-hetero) is 1. The van der Waals surface area contributed by atoms with E-state index in [1.807, 2.05) is 0 Å². The largest absolute Gasteiger partial charge is 0.399 e. The van der Waals surface area contributed by atoms with Crippen LogP contribution in [0, 0.1) is 0 Å². The Hall–Kier alpha value is -2.14. The first-order valence-corrected chi connectivity index (χ1v) is 6.32. The van der Waals surface area contributed by atoms with E-state index in [9.17, 15) is 13.2 Å². The molecule has 0 heterocycles. The summed E-state index contributed by atoms with van der Waals surface area (Å²) in [6.45, 7) is 3.27. The smallest absolute Gasteiger partial charge is 0.295 e. The van der Waals surface area contributed by atoms with E-state index in [-0.39, 0.29) is 5.57 Å². The molecule has 3 N–H and O–H groups in total. The van der Waals surface area contributed by atoms with E-state index in [4.69, 9.17) is 10.3 Å². The lowest BCUT2D eigenvalue weighted by molar-refractivity contribution is 0.103. The van der Waals surface area contributed by atoms with Gasteiger partial charge in [0.05, 0.1) is 5.57 Å². The second-order valence-electron chi connectivity index (χ2n) is 3.71. The van der Waals surface area contributed by atoms with Gasteiger partial charge in [-0.2, -0.15) is 8.42 Å². The molecule has 0 bridgehead atoms. The average molecular weight is 263 g/mol. The summed E-state index contributed by atoms with van der Waals surface area (Å²) in [4.78, 5) is 11.5. The van der Waals surface area contributed by atoms with Crippen LogP contribution in [0.1, 0.15) is 15.9 Å². The molecule has 1 aliphatic rings. The third-order valence-corrected chi connectivity index (χ3v) is 3.41. The van der Waals surface area contributed by atoms with Crippen LogP contribution in [0.25, 0.3) is 6.08 Å². The molecular formula is C12H9NO4S. The third-order valence-electron chi connectivity index (χ3n) is 2.53. The highest BCUT2D eigenvalue weighted by atomic mass is 32.2. The molecule has 0 atom stereocenters. The molecule has 0 aromatic heterocycles. The van der Waals surface area contributed by atoms with Crippen LogP contribution in [0.3, 0.4) is 0 Å². The fourth-order valence-electron chi connectivity index (χ4n) is 1.74. The molecule has 0 aliphatic heterocycles. The lowest BCUT2D eigenvalue weighted by Gasteiger charge is -2.15. The van der Waals surface area contributed by atoms with Crippen molar-refractivity contribution in [2.75, 3.05) is 5.73 Å². The maximum Gasteiger partial charge on any atom is 0.295 e. The van der Waals surface area contributed by atoms with Crippen molar-refractivity contribution in [3.8, 4) is 0 Å². The first kappa shape index (κ1) is 12.3. The summed E-state index contributed by atoms with van der Waals surface area (Å²) in [5.74, 6) is -0.560. The van der Waals surface area contributed by atoms with Gasteiger partial charge in [0.1, 0.15) is 4.91 Å². The van der Waals surface area contributed by atoms with Crippen LogP contribution >= 0.6 is 0 Å². The van der Waals surface area contributed by atoms with Gasteiger partial charge in [0.2, 0.25) is 5.78 Å². The minimum absolute atomic E-state index is 0.269. The summed E-state index contributed by atoms with van der Waals surface area (Å²) >= 11 is 0. The van der Waals surface area contributed by atoms with Crippen molar-refractivity contribution in [1.29, 1.82) is 0 Å². The number of nitrogen functional groups attached to an aromatic ring is 1. The molecule has 0 amide bonds. The molecule has 6 heteroatoms. The fourth-order valence-corrected chi connectivity index (χ4v) is 2.44. The zero-order valence-corrected chi connectivity index (χ0v) is 9.99. The standard InChI is InChI=1S/C12H9NO4S/c1-2-9-11(18(15,16)17)6-7-5-8(13)3-4-10(7)12(9)14/h3-6H,1,13H2,(H,15,16,17). The Morgan fingerprint density at radius 2 is 2.00 bits per heavy atom. The van der Waals surface area contributed by atoms with E-state index in [1.165, 1.54) is 24.3 Å². The Morgan fingerprint density at radius 3 is 2.56 bits per heavy atom. The Balaban J connectivity index is 2.84. The van der Waals surface area contributed by atoms with Gasteiger partial charge in [-0.05, 0) is 29.8 Å². The molecule has 1 aliphatic carbocycles. The fraction of sp³-hybridized carbons (Fsp3) is 0. The predicted molar refractivity (Wildman–Crippen MR) is 67.4 cm³/mol. The third kappa shape index (κ3) is 1.89. The van der Waals surface area contributed by atoms with Crippen molar-refractivity contribution in [2.24, 2.45) is 0 Å². The molecule has 1 aromatic rings. The number of hydrogen-bond acceptors (Lipinski definition) is 4. The number of allylic oxidation sites excluding steroid dienone is 1. The molecule has 92 valence electrons. The molecule has 0 unspecified atom stereocenters. The predicted octanol–water partition coefficient (Wildman–Crippen LogP) is 1.41. The summed E-state index contributed by atoms with van der Waals surface area (Å²) in [6, 6.07) is 4.48. The number of hydrogen-bond donors (Lipinski definition) is 2. The zero-order chi connectivity index (χ0) is 13.5. The molecule has 0 radical (unpaired) electrons. The number of carbonyl (C=O) groups excluding carboxylic acids is 1. The Morgan fingerprint density at radius 1 is 1.33 bits per heavy atom. The molecule has 2 rings (SSSR count). The average Bonchev–Trinajstić information content (AvgIpc) is 2.27. The number of rotatable bonds is 1. The number of nitrogens with two attached hydrogens (primary N) is 1. The van der Waals surface area contributed by atoms with Gasteiger partial charge in [-0.15, -0.1) is 5.73 Å².